The van der Waals surface area contributed by atoms with Gasteiger partial charge in [-0.05, 0) is 24.3 Å². The molecule has 1 N–H and O–H groups in total. The largest absolute Gasteiger partial charge is 0.280 e. The molecule has 3 nitrogen and oxygen atoms in total. The van der Waals surface area contributed by atoms with Crippen LogP contribution in [0, 0.1) is 0 Å². The van der Waals surface area contributed by atoms with Crippen molar-refractivity contribution >= 4 is 28.8 Å². The van der Waals surface area contributed by atoms with Gasteiger partial charge in [0.2, 0.25) is 0 Å². The number of anilines is 1. The number of hydrogen-bond acceptors (Lipinski definition) is 2. The summed E-state index contributed by atoms with van der Waals surface area (Å²) in [6, 6.07) is 28.1. The summed E-state index contributed by atoms with van der Waals surface area (Å²) in [5, 5.41) is 1.48. The first-order valence-corrected chi connectivity index (χ1v) is 7.97. The molecule has 24 heavy (non-hydrogen) atoms. The van der Waals surface area contributed by atoms with Gasteiger partial charge < -0.3 is 0 Å². The second kappa shape index (κ2) is 7.53. The summed E-state index contributed by atoms with van der Waals surface area (Å²) < 4.78 is 0. The number of rotatable bonds is 3. The van der Waals surface area contributed by atoms with E-state index >= 15 is 0 Å². The van der Waals surface area contributed by atoms with E-state index < -0.39 is 0 Å². The van der Waals surface area contributed by atoms with Gasteiger partial charge in [0, 0.05) is 11.1 Å². The second-order valence-electron chi connectivity index (χ2n) is 5.15. The minimum atomic E-state index is -0.167. The quantitative estimate of drug-likeness (QED) is 0.576. The predicted molar refractivity (Wildman–Crippen MR) is 101 cm³/mol. The Kier molecular flexibility index (Phi) is 4.99. The molecule has 0 atom stereocenters. The Morgan fingerprint density at radius 3 is 1.71 bits per heavy atom. The lowest BCUT2D eigenvalue weighted by Gasteiger charge is -2.25. The van der Waals surface area contributed by atoms with Crippen LogP contribution in [0.1, 0.15) is 15.9 Å². The van der Waals surface area contributed by atoms with Gasteiger partial charge in [0.15, 0.2) is 0 Å². The molecule has 0 saturated heterocycles. The molecule has 0 bridgehead atoms. The highest BCUT2D eigenvalue weighted by molar-refractivity contribution is 7.80. The van der Waals surface area contributed by atoms with E-state index in [0.717, 1.165) is 11.3 Å². The summed E-state index contributed by atoms with van der Waals surface area (Å²) in [5.41, 5.74) is 5.23. The van der Waals surface area contributed by atoms with Crippen molar-refractivity contribution in [3.63, 3.8) is 0 Å². The van der Waals surface area contributed by atoms with Crippen molar-refractivity contribution in [2.24, 2.45) is 0 Å². The van der Waals surface area contributed by atoms with Crippen molar-refractivity contribution in [3.8, 4) is 0 Å². The Labute approximate surface area is 146 Å². The van der Waals surface area contributed by atoms with Crippen LogP contribution in [-0.4, -0.2) is 10.9 Å². The molecule has 1 amide bonds. The van der Waals surface area contributed by atoms with Gasteiger partial charge in [-0.15, -0.1) is 0 Å². The molecule has 0 unspecified atom stereocenters. The van der Waals surface area contributed by atoms with E-state index in [4.69, 9.17) is 12.2 Å². The maximum Gasteiger partial charge on any atom is 0.276 e. The Morgan fingerprint density at radius 1 is 0.708 bits per heavy atom. The van der Waals surface area contributed by atoms with Gasteiger partial charge in [-0.25, -0.2) is 5.01 Å². The summed E-state index contributed by atoms with van der Waals surface area (Å²) in [5.74, 6) is -0.167. The molecule has 0 saturated carbocycles. The third-order valence-corrected chi connectivity index (χ3v) is 3.81. The van der Waals surface area contributed by atoms with Gasteiger partial charge in [0.25, 0.3) is 5.91 Å². The summed E-state index contributed by atoms with van der Waals surface area (Å²) in [7, 11) is 0. The van der Waals surface area contributed by atoms with Crippen molar-refractivity contribution < 1.29 is 4.79 Å². The number of nitrogens with zero attached hydrogens (tertiary/aromatic N) is 1. The van der Waals surface area contributed by atoms with E-state index in [1.807, 2.05) is 78.9 Å². The average molecular weight is 332 g/mol. The van der Waals surface area contributed by atoms with Crippen LogP contribution in [0.25, 0.3) is 0 Å². The maximum atomic E-state index is 12.9. The maximum absolute atomic E-state index is 12.9. The van der Waals surface area contributed by atoms with E-state index in [1.54, 1.807) is 12.1 Å². The van der Waals surface area contributed by atoms with Crippen LogP contribution in [0.3, 0.4) is 0 Å². The molecule has 0 fully saturated rings. The molecule has 118 valence electrons. The van der Waals surface area contributed by atoms with Crippen molar-refractivity contribution in [3.05, 3.63) is 102 Å². The fraction of sp³-hybridized carbons (Fsp3) is 0. The van der Waals surface area contributed by atoms with Gasteiger partial charge in [0.05, 0.1) is 5.69 Å². The third-order valence-electron chi connectivity index (χ3n) is 3.49. The summed E-state index contributed by atoms with van der Waals surface area (Å²) in [4.78, 5) is 13.4. The molecule has 3 rings (SSSR count). The molecule has 0 aliphatic heterocycles. The fourth-order valence-electron chi connectivity index (χ4n) is 2.28. The monoisotopic (exact) mass is 332 g/mol. The Hall–Kier alpha value is -2.98. The highest BCUT2D eigenvalue weighted by Gasteiger charge is 2.19. The van der Waals surface area contributed by atoms with Crippen LogP contribution >= 0.6 is 12.2 Å². The zero-order valence-corrected chi connectivity index (χ0v) is 13.7. The molecule has 0 aliphatic carbocycles. The standard InChI is InChI=1S/C20H16N2OS/c23-20(17-12-6-2-7-13-17)22(18-14-8-3-9-15-18)21-19(24)16-10-4-1-5-11-16/h1-15H,(H,21,24). The summed E-state index contributed by atoms with van der Waals surface area (Å²) >= 11 is 5.46. The van der Waals surface area contributed by atoms with Crippen molar-refractivity contribution in [2.75, 3.05) is 5.01 Å². The number of hydrazine groups is 1. The van der Waals surface area contributed by atoms with E-state index in [1.165, 1.54) is 5.01 Å². The SMILES string of the molecule is O=C(c1ccccc1)N(NC(=S)c1ccccc1)c1ccccc1. The first kappa shape index (κ1) is 15.9. The van der Waals surface area contributed by atoms with Crippen LogP contribution in [0.2, 0.25) is 0 Å². The molecule has 4 heteroatoms. The minimum Gasteiger partial charge on any atom is -0.280 e. The molecule has 0 spiro atoms. The van der Waals surface area contributed by atoms with Gasteiger partial charge >= 0.3 is 0 Å². The topological polar surface area (TPSA) is 32.3 Å². The van der Waals surface area contributed by atoms with Crippen molar-refractivity contribution in [2.45, 2.75) is 0 Å². The van der Waals surface area contributed by atoms with Crippen molar-refractivity contribution in [1.82, 2.24) is 5.43 Å². The number of nitrogens with one attached hydrogen (secondary N) is 1. The second-order valence-corrected chi connectivity index (χ2v) is 5.56. The highest BCUT2D eigenvalue weighted by Crippen LogP contribution is 2.15. The zero-order valence-electron chi connectivity index (χ0n) is 12.9. The molecule has 0 heterocycles. The molecule has 0 aromatic heterocycles. The lowest BCUT2D eigenvalue weighted by molar-refractivity contribution is 0.0981. The highest BCUT2D eigenvalue weighted by atomic mass is 32.1. The van der Waals surface area contributed by atoms with E-state index in [0.29, 0.717) is 10.6 Å². The van der Waals surface area contributed by atoms with Crippen LogP contribution in [-0.2, 0) is 0 Å². The van der Waals surface area contributed by atoms with Crippen molar-refractivity contribution in [1.29, 1.82) is 0 Å². The lowest BCUT2D eigenvalue weighted by Crippen LogP contribution is -2.46. The molecule has 3 aromatic carbocycles. The smallest absolute Gasteiger partial charge is 0.276 e. The number of carbonyl (C=O) groups is 1. The first-order chi connectivity index (χ1) is 11.8. The first-order valence-electron chi connectivity index (χ1n) is 7.56. The van der Waals surface area contributed by atoms with Gasteiger partial charge in [-0.1, -0.05) is 78.9 Å². The van der Waals surface area contributed by atoms with Gasteiger partial charge in [0.1, 0.15) is 4.99 Å². The van der Waals surface area contributed by atoms with Crippen LogP contribution in [0.4, 0.5) is 5.69 Å². The van der Waals surface area contributed by atoms with E-state index in [9.17, 15) is 4.79 Å². The molecule has 0 radical (unpaired) electrons. The molecule has 3 aromatic rings. The molecular weight excluding hydrogens is 316 g/mol. The number of thiocarbonyl (C=S) groups is 1. The van der Waals surface area contributed by atoms with E-state index in [2.05, 4.69) is 5.43 Å². The summed E-state index contributed by atoms with van der Waals surface area (Å²) in [6.45, 7) is 0. The predicted octanol–water partition coefficient (Wildman–Crippen LogP) is 4.21. The van der Waals surface area contributed by atoms with E-state index in [-0.39, 0.29) is 5.91 Å². The third kappa shape index (κ3) is 3.67. The zero-order chi connectivity index (χ0) is 16.8. The van der Waals surface area contributed by atoms with Crippen LogP contribution < -0.4 is 10.4 Å². The lowest BCUT2D eigenvalue weighted by atomic mass is 10.2. The average Bonchev–Trinajstić information content (AvgIpc) is 2.67. The Morgan fingerprint density at radius 2 is 1.17 bits per heavy atom. The number of para-hydroxylation sites is 1. The Balaban J connectivity index is 1.91. The molecule has 0 aliphatic rings. The van der Waals surface area contributed by atoms with Gasteiger partial charge in [-0.2, -0.15) is 0 Å². The summed E-state index contributed by atoms with van der Waals surface area (Å²) in [6.07, 6.45) is 0. The molecular formula is C20H16N2OS. The fourth-order valence-corrected chi connectivity index (χ4v) is 2.50. The van der Waals surface area contributed by atoms with Crippen LogP contribution in [0.15, 0.2) is 91.0 Å². The number of benzene rings is 3. The number of carbonyl (C=O) groups excluding carboxylic acids is 1. The number of amides is 1. The number of hydrogen-bond donors (Lipinski definition) is 1. The van der Waals surface area contributed by atoms with Crippen LogP contribution in [0.5, 0.6) is 0 Å². The Bertz CT molecular complexity index is 820. The normalized spacial score (nSPS) is 10.0. The minimum absolute atomic E-state index is 0.167. The van der Waals surface area contributed by atoms with Gasteiger partial charge in [-0.3, -0.25) is 10.2 Å².